The molecule has 1 aliphatic rings. The van der Waals surface area contributed by atoms with E-state index in [0.29, 0.717) is 29.3 Å². The second-order valence-corrected chi connectivity index (χ2v) is 7.26. The van der Waals surface area contributed by atoms with Crippen LogP contribution in [0.15, 0.2) is 36.4 Å². The molecule has 2 aromatic carbocycles. The minimum Gasteiger partial charge on any atom is -0.326 e. The third kappa shape index (κ3) is 4.37. The lowest BCUT2D eigenvalue weighted by molar-refractivity contribution is -0.117. The second-order valence-electron chi connectivity index (χ2n) is 6.45. The maximum Gasteiger partial charge on any atom is 0.227 e. The molecule has 2 aromatic rings. The number of nitrogens with zero attached hydrogens (tertiary/aromatic N) is 1. The van der Waals surface area contributed by atoms with E-state index in [9.17, 15) is 9.59 Å². The van der Waals surface area contributed by atoms with E-state index >= 15 is 0 Å². The molecule has 3 rings (SSSR count). The zero-order chi connectivity index (χ0) is 18.7. The van der Waals surface area contributed by atoms with Crippen molar-refractivity contribution in [3.8, 4) is 0 Å². The van der Waals surface area contributed by atoms with Crippen molar-refractivity contribution in [2.45, 2.75) is 32.6 Å². The van der Waals surface area contributed by atoms with Crippen molar-refractivity contribution in [1.29, 1.82) is 0 Å². The highest BCUT2D eigenvalue weighted by Crippen LogP contribution is 2.27. The monoisotopic (exact) mass is 390 g/mol. The van der Waals surface area contributed by atoms with Crippen LogP contribution in [0.1, 0.15) is 30.4 Å². The molecule has 0 spiro atoms. The van der Waals surface area contributed by atoms with Crippen LogP contribution in [0.3, 0.4) is 0 Å². The number of rotatable bonds is 5. The number of halogens is 2. The molecule has 136 valence electrons. The third-order valence-electron chi connectivity index (χ3n) is 4.47. The van der Waals surface area contributed by atoms with Gasteiger partial charge in [0.05, 0.1) is 10.0 Å². The van der Waals surface area contributed by atoms with Crippen LogP contribution in [0.4, 0.5) is 11.4 Å². The highest BCUT2D eigenvalue weighted by atomic mass is 35.5. The fourth-order valence-corrected chi connectivity index (χ4v) is 3.44. The van der Waals surface area contributed by atoms with E-state index in [2.05, 4.69) is 5.32 Å². The van der Waals surface area contributed by atoms with Gasteiger partial charge in [0.2, 0.25) is 11.8 Å². The van der Waals surface area contributed by atoms with Crippen LogP contribution >= 0.6 is 23.2 Å². The molecule has 6 heteroatoms. The Balaban J connectivity index is 1.59. The van der Waals surface area contributed by atoms with Crippen LogP contribution < -0.4 is 10.2 Å². The number of carbonyl (C=O) groups excluding carboxylic acids is 2. The maximum absolute atomic E-state index is 12.2. The molecule has 0 radical (unpaired) electrons. The van der Waals surface area contributed by atoms with Crippen molar-refractivity contribution in [3.05, 3.63) is 57.6 Å². The molecule has 0 saturated carbocycles. The average Bonchev–Trinajstić information content (AvgIpc) is 3.02. The first kappa shape index (κ1) is 18.7. The number of amides is 2. The summed E-state index contributed by atoms with van der Waals surface area (Å²) in [5, 5.41) is 3.91. The molecular weight excluding hydrogens is 371 g/mol. The summed E-state index contributed by atoms with van der Waals surface area (Å²) in [4.78, 5) is 25.9. The number of aryl methyl sites for hydroxylation is 2. The van der Waals surface area contributed by atoms with Crippen LogP contribution in [0.5, 0.6) is 0 Å². The molecule has 1 aliphatic heterocycles. The molecule has 0 bridgehead atoms. The lowest BCUT2D eigenvalue weighted by Crippen LogP contribution is -2.24. The third-order valence-corrected chi connectivity index (χ3v) is 5.21. The highest BCUT2D eigenvalue weighted by molar-refractivity contribution is 6.42. The van der Waals surface area contributed by atoms with E-state index in [-0.39, 0.29) is 11.8 Å². The van der Waals surface area contributed by atoms with E-state index in [0.717, 1.165) is 35.5 Å². The summed E-state index contributed by atoms with van der Waals surface area (Å²) < 4.78 is 0. The molecule has 4 nitrogen and oxygen atoms in total. The largest absolute Gasteiger partial charge is 0.326 e. The Hall–Kier alpha value is -2.04. The molecule has 0 aromatic heterocycles. The first-order valence-electron chi connectivity index (χ1n) is 8.59. The van der Waals surface area contributed by atoms with E-state index in [1.54, 1.807) is 12.1 Å². The van der Waals surface area contributed by atoms with Gasteiger partial charge < -0.3 is 10.2 Å². The van der Waals surface area contributed by atoms with E-state index in [4.69, 9.17) is 23.2 Å². The van der Waals surface area contributed by atoms with Crippen LogP contribution in [0, 0.1) is 6.92 Å². The van der Waals surface area contributed by atoms with Crippen molar-refractivity contribution in [3.63, 3.8) is 0 Å². The molecule has 1 heterocycles. The fourth-order valence-electron chi connectivity index (χ4n) is 3.12. The summed E-state index contributed by atoms with van der Waals surface area (Å²) in [6.07, 6.45) is 2.43. The summed E-state index contributed by atoms with van der Waals surface area (Å²) in [5.41, 5.74) is 3.59. The van der Waals surface area contributed by atoms with Gasteiger partial charge in [-0.25, -0.2) is 0 Å². The highest BCUT2D eigenvalue weighted by Gasteiger charge is 2.23. The van der Waals surface area contributed by atoms with Gasteiger partial charge >= 0.3 is 0 Å². The van der Waals surface area contributed by atoms with Crippen molar-refractivity contribution in [2.24, 2.45) is 0 Å². The predicted molar refractivity (Wildman–Crippen MR) is 106 cm³/mol. The van der Waals surface area contributed by atoms with Gasteiger partial charge in [-0.2, -0.15) is 0 Å². The Morgan fingerprint density at radius 2 is 1.96 bits per heavy atom. The Labute approximate surface area is 163 Å². The van der Waals surface area contributed by atoms with E-state index < -0.39 is 0 Å². The van der Waals surface area contributed by atoms with E-state index in [1.165, 1.54) is 0 Å². The number of anilines is 2. The van der Waals surface area contributed by atoms with Gasteiger partial charge in [-0.3, -0.25) is 9.59 Å². The molecule has 1 saturated heterocycles. The lowest BCUT2D eigenvalue weighted by atomic mass is 10.1. The normalized spacial score (nSPS) is 14.0. The number of carbonyl (C=O) groups is 2. The van der Waals surface area contributed by atoms with Crippen molar-refractivity contribution >= 4 is 46.4 Å². The Morgan fingerprint density at radius 3 is 2.62 bits per heavy atom. The van der Waals surface area contributed by atoms with E-state index in [1.807, 2.05) is 36.1 Å². The topological polar surface area (TPSA) is 49.4 Å². The standard InChI is InChI=1S/C20H20Cl2N2O2/c1-13-11-15(6-8-18(13)24-10-2-3-20(24)26)23-19(25)9-5-14-4-7-16(21)17(22)12-14/h4,6-8,11-12H,2-3,5,9-10H2,1H3,(H,23,25). The minimum absolute atomic E-state index is 0.0690. The lowest BCUT2D eigenvalue weighted by Gasteiger charge is -2.19. The van der Waals surface area contributed by atoms with Crippen molar-refractivity contribution in [2.75, 3.05) is 16.8 Å². The molecule has 0 atom stereocenters. The summed E-state index contributed by atoms with van der Waals surface area (Å²) in [5.74, 6) is 0.0898. The Morgan fingerprint density at radius 1 is 1.15 bits per heavy atom. The van der Waals surface area contributed by atoms with Gasteiger partial charge in [-0.05, 0) is 61.2 Å². The minimum atomic E-state index is -0.0690. The van der Waals surface area contributed by atoms with Crippen molar-refractivity contribution in [1.82, 2.24) is 0 Å². The summed E-state index contributed by atoms with van der Waals surface area (Å²) >= 11 is 11.9. The van der Waals surface area contributed by atoms with Crippen LogP contribution in [-0.4, -0.2) is 18.4 Å². The van der Waals surface area contributed by atoms with Gasteiger partial charge in [-0.15, -0.1) is 0 Å². The van der Waals surface area contributed by atoms with Gasteiger partial charge in [-0.1, -0.05) is 29.3 Å². The van der Waals surface area contributed by atoms with Crippen LogP contribution in [0.25, 0.3) is 0 Å². The number of nitrogens with one attached hydrogen (secondary N) is 1. The maximum atomic E-state index is 12.2. The van der Waals surface area contributed by atoms with Gasteiger partial charge in [0.15, 0.2) is 0 Å². The summed E-state index contributed by atoms with van der Waals surface area (Å²) in [6, 6.07) is 11.0. The van der Waals surface area contributed by atoms with Gasteiger partial charge in [0.1, 0.15) is 0 Å². The number of hydrogen-bond donors (Lipinski definition) is 1. The molecule has 0 aliphatic carbocycles. The molecule has 1 N–H and O–H groups in total. The smallest absolute Gasteiger partial charge is 0.227 e. The van der Waals surface area contributed by atoms with Gasteiger partial charge in [0.25, 0.3) is 0 Å². The zero-order valence-corrected chi connectivity index (χ0v) is 16.0. The Bertz CT molecular complexity index is 852. The van der Waals surface area contributed by atoms with Crippen molar-refractivity contribution < 1.29 is 9.59 Å². The fraction of sp³-hybridized carbons (Fsp3) is 0.300. The Kier molecular flexibility index (Phi) is 5.84. The zero-order valence-electron chi connectivity index (χ0n) is 14.5. The summed E-state index contributed by atoms with van der Waals surface area (Å²) in [7, 11) is 0. The number of benzene rings is 2. The first-order chi connectivity index (χ1) is 12.4. The van der Waals surface area contributed by atoms with Gasteiger partial charge in [0, 0.05) is 30.8 Å². The second kappa shape index (κ2) is 8.11. The molecule has 1 fully saturated rings. The molecule has 0 unspecified atom stereocenters. The predicted octanol–water partition coefficient (Wildman–Crippen LogP) is 5.00. The average molecular weight is 391 g/mol. The number of hydrogen-bond acceptors (Lipinski definition) is 2. The van der Waals surface area contributed by atoms with Crippen LogP contribution in [-0.2, 0) is 16.0 Å². The SMILES string of the molecule is Cc1cc(NC(=O)CCc2ccc(Cl)c(Cl)c2)ccc1N1CCCC1=O. The molecule has 2 amide bonds. The summed E-state index contributed by atoms with van der Waals surface area (Å²) in [6.45, 7) is 2.71. The molecular formula is C20H20Cl2N2O2. The quantitative estimate of drug-likeness (QED) is 0.780. The molecule has 26 heavy (non-hydrogen) atoms. The van der Waals surface area contributed by atoms with Crippen LogP contribution in [0.2, 0.25) is 10.0 Å². The first-order valence-corrected chi connectivity index (χ1v) is 9.34.